The third-order valence-electron chi connectivity index (χ3n) is 0. The monoisotopic (exact) mass is 994 g/mol. The molecule has 9 heavy (non-hydrogen) atoms. The van der Waals surface area contributed by atoms with Gasteiger partial charge in [0.05, 0.1) is 0 Å². The molecule has 0 amide bonds. The van der Waals surface area contributed by atoms with E-state index in [0.29, 0.717) is 0 Å². The van der Waals surface area contributed by atoms with Gasteiger partial charge in [-0.1, -0.05) is 0 Å². The Morgan fingerprint density at radius 2 is 0.333 bits per heavy atom. The summed E-state index contributed by atoms with van der Waals surface area (Å²) in [6.45, 7) is 0. The van der Waals surface area contributed by atoms with Gasteiger partial charge in [0, 0.05) is 0 Å². The van der Waals surface area contributed by atoms with Gasteiger partial charge in [0.1, 0.15) is 0 Å². The number of hydrogen-bond donors (Lipinski definition) is 0. The average molecular weight is 993 g/mol. The van der Waals surface area contributed by atoms with E-state index in [1.807, 2.05) is 0 Å². The van der Waals surface area contributed by atoms with Crippen LogP contribution in [-0.2, 0) is 67.5 Å². The van der Waals surface area contributed by atoms with Crippen LogP contribution in [0.2, 0.25) is 0 Å². The van der Waals surface area contributed by atoms with E-state index in [9.17, 15) is 0 Å². The van der Waals surface area contributed by atoms with Crippen molar-refractivity contribution in [3.63, 3.8) is 0 Å². The van der Waals surface area contributed by atoms with Crippen LogP contribution in [0, 0.1) is 0 Å². The maximum atomic E-state index is 0. The second-order valence-electron chi connectivity index (χ2n) is 0. The largest absolute Gasteiger partial charge is 3.00 e. The van der Waals surface area contributed by atoms with Crippen molar-refractivity contribution in [3.05, 3.63) is 0 Å². The third kappa shape index (κ3) is 60.0. The van der Waals surface area contributed by atoms with E-state index in [2.05, 4.69) is 0 Å². The van der Waals surface area contributed by atoms with Crippen LogP contribution in [0.3, 0.4) is 0 Å². The van der Waals surface area contributed by atoms with Crippen LogP contribution < -0.4 is 0 Å². The molecular weight excluding hydrogens is 993 g/mol. The SMILES string of the molecule is [Bi+3].[Bi+3].[Pb+2].[Pb+2].[S-2].[S-2].[S-2].[S-2].[S-2]. The molecule has 8 radical (unpaired) electrons. The van der Waals surface area contributed by atoms with Gasteiger partial charge in [0.15, 0.2) is 0 Å². The van der Waals surface area contributed by atoms with Crippen molar-refractivity contribution in [1.29, 1.82) is 0 Å². The summed E-state index contributed by atoms with van der Waals surface area (Å²) in [4.78, 5) is 0. The van der Waals surface area contributed by atoms with E-state index in [4.69, 9.17) is 0 Å². The molecule has 9 heteroatoms. The molecule has 0 aliphatic carbocycles. The van der Waals surface area contributed by atoms with Crippen molar-refractivity contribution in [2.24, 2.45) is 0 Å². The van der Waals surface area contributed by atoms with Crippen molar-refractivity contribution < 1.29 is 0 Å². The number of rotatable bonds is 0. The van der Waals surface area contributed by atoms with Crippen molar-refractivity contribution in [3.8, 4) is 0 Å². The molecule has 0 spiro atoms. The Bertz CT molecular complexity index is 12.9. The molecule has 0 nitrogen and oxygen atoms in total. The summed E-state index contributed by atoms with van der Waals surface area (Å²) in [5, 5.41) is 0. The van der Waals surface area contributed by atoms with Crippen LogP contribution in [0.5, 0.6) is 0 Å². The van der Waals surface area contributed by atoms with Gasteiger partial charge in [-0.2, -0.15) is 0 Å². The normalized spacial score (nSPS) is 0. The van der Waals surface area contributed by atoms with E-state index in [-0.39, 0.29) is 174 Å². The van der Waals surface area contributed by atoms with Gasteiger partial charge < -0.3 is 67.5 Å². The maximum absolute atomic E-state index is 0. The Kier molecular flexibility index (Phi) is 704. The van der Waals surface area contributed by atoms with Crippen molar-refractivity contribution >= 4 is 174 Å². The summed E-state index contributed by atoms with van der Waals surface area (Å²) in [6.07, 6.45) is 0. The second kappa shape index (κ2) is 71.0. The summed E-state index contributed by atoms with van der Waals surface area (Å²) in [6, 6.07) is 0. The molecule has 0 aromatic rings. The van der Waals surface area contributed by atoms with Crippen molar-refractivity contribution in [2.45, 2.75) is 0 Å². The Balaban J connectivity index is 0. The average Bonchev–Trinajstić information content (AvgIpc) is 0. The third-order valence-corrected chi connectivity index (χ3v) is 0. The van der Waals surface area contributed by atoms with Crippen LogP contribution in [0.4, 0.5) is 0 Å². The fourth-order valence-corrected chi connectivity index (χ4v) is 0. The zero-order valence-corrected chi connectivity index (χ0v) is 22.7. The van der Waals surface area contributed by atoms with Gasteiger partial charge in [0.2, 0.25) is 0 Å². The Labute approximate surface area is 170 Å². The van der Waals surface area contributed by atoms with Gasteiger partial charge in [-0.3, -0.25) is 0 Å². The van der Waals surface area contributed by atoms with Crippen LogP contribution in [-0.4, -0.2) is 107 Å². The van der Waals surface area contributed by atoms with Gasteiger partial charge in [-0.05, 0) is 0 Å². The van der Waals surface area contributed by atoms with Crippen LogP contribution in [0.1, 0.15) is 0 Å². The Morgan fingerprint density at radius 3 is 0.333 bits per heavy atom. The van der Waals surface area contributed by atoms with Crippen LogP contribution in [0.15, 0.2) is 0 Å². The predicted molar refractivity (Wildman–Crippen MR) is 59.8 cm³/mol. The fraction of sp³-hybridized carbons (Fsp3) is 0. The summed E-state index contributed by atoms with van der Waals surface area (Å²) in [7, 11) is 0. The fourth-order valence-electron chi connectivity index (χ4n) is 0. The van der Waals surface area contributed by atoms with Gasteiger partial charge in [-0.25, -0.2) is 0 Å². The molecule has 0 saturated carbocycles. The zero-order chi connectivity index (χ0) is 0. The van der Waals surface area contributed by atoms with Gasteiger partial charge >= 0.3 is 107 Å². The molecule has 0 atom stereocenters. The van der Waals surface area contributed by atoms with Crippen molar-refractivity contribution in [1.82, 2.24) is 0 Å². The molecule has 0 heterocycles. The minimum Gasteiger partial charge on any atom is -2.00 e. The first-order valence-electron chi connectivity index (χ1n) is 0. The van der Waals surface area contributed by atoms with Crippen LogP contribution in [0.25, 0.3) is 0 Å². The first-order chi connectivity index (χ1) is 0. The van der Waals surface area contributed by atoms with E-state index in [1.54, 1.807) is 0 Å². The quantitative estimate of drug-likeness (QED) is 0.259. The summed E-state index contributed by atoms with van der Waals surface area (Å²) >= 11 is 0. The topological polar surface area (TPSA) is 0 Å². The molecular formula is Bi2Pb2S5. The summed E-state index contributed by atoms with van der Waals surface area (Å²) < 4.78 is 0. The standard InChI is InChI=1S/2Bi.2Pb.5S/q2*+3;2*+2;5*-2. The summed E-state index contributed by atoms with van der Waals surface area (Å²) in [5.74, 6) is 0. The van der Waals surface area contributed by atoms with E-state index in [1.165, 1.54) is 0 Å². The molecule has 0 aliphatic rings. The zero-order valence-electron chi connectivity index (χ0n) is 3.94. The van der Waals surface area contributed by atoms with Crippen molar-refractivity contribution in [2.75, 3.05) is 0 Å². The molecule has 0 unspecified atom stereocenters. The van der Waals surface area contributed by atoms with Gasteiger partial charge in [0.25, 0.3) is 0 Å². The van der Waals surface area contributed by atoms with E-state index < -0.39 is 0 Å². The first-order valence-corrected chi connectivity index (χ1v) is 0. The molecule has 0 bridgehead atoms. The minimum absolute atomic E-state index is 0. The predicted octanol–water partition coefficient (Wildman–Crippen LogP) is -1.54. The van der Waals surface area contributed by atoms with Gasteiger partial charge in [-0.15, -0.1) is 0 Å². The number of hydrogen-bond acceptors (Lipinski definition) is 0. The molecule has 0 aliphatic heterocycles. The molecule has 0 saturated heterocycles. The minimum atomic E-state index is 0. The van der Waals surface area contributed by atoms with Crippen LogP contribution >= 0.6 is 0 Å². The molecule has 0 N–H and O–H groups in total. The second-order valence-corrected chi connectivity index (χ2v) is 0. The Hall–Kier alpha value is 5.36. The van der Waals surface area contributed by atoms with E-state index >= 15 is 0 Å². The smallest absolute Gasteiger partial charge is 2.00 e. The molecule has 0 aromatic carbocycles. The molecule has 0 aromatic heterocycles. The Morgan fingerprint density at radius 1 is 0.333 bits per heavy atom. The van der Waals surface area contributed by atoms with E-state index in [0.717, 1.165) is 0 Å². The molecule has 48 valence electrons. The summed E-state index contributed by atoms with van der Waals surface area (Å²) in [5.41, 5.74) is 0. The first kappa shape index (κ1) is 89.2. The molecule has 0 fully saturated rings. The molecule has 0 rings (SSSR count). The maximum Gasteiger partial charge on any atom is 3.00 e.